The highest BCUT2D eigenvalue weighted by atomic mass is 32.1. The van der Waals surface area contributed by atoms with E-state index in [1.54, 1.807) is 22.7 Å². The van der Waals surface area contributed by atoms with Crippen LogP contribution in [0.4, 0.5) is 0 Å². The van der Waals surface area contributed by atoms with Crippen LogP contribution >= 0.6 is 22.7 Å². The third-order valence-electron chi connectivity index (χ3n) is 12.3. The molecule has 8 heteroatoms. The Hall–Kier alpha value is -8.43. The van der Waals surface area contributed by atoms with Crippen molar-refractivity contribution >= 4 is 64.9 Å². The number of rotatable bonds is 8. The largest absolute Gasteiger partial charge is 0.309 e. The lowest BCUT2D eigenvalue weighted by atomic mass is 9.95. The van der Waals surface area contributed by atoms with Crippen LogP contribution < -0.4 is 0 Å². The van der Waals surface area contributed by atoms with Gasteiger partial charge in [-0.2, -0.15) is 0 Å². The molecular weight excluding hydrogens is 857 g/mol. The molecule has 13 aromatic rings. The lowest BCUT2D eigenvalue weighted by Crippen LogP contribution is -2.01. The molecule has 0 N–H and O–H groups in total. The maximum Gasteiger partial charge on any atom is 0.164 e. The zero-order valence-corrected chi connectivity index (χ0v) is 37.4. The number of fused-ring (bicyclic) bond motifs is 5. The van der Waals surface area contributed by atoms with E-state index in [1.807, 2.05) is 12.1 Å². The second kappa shape index (κ2) is 16.2. The van der Waals surface area contributed by atoms with Gasteiger partial charge in [-0.15, -0.1) is 22.7 Å². The van der Waals surface area contributed by atoms with Crippen LogP contribution in [0.1, 0.15) is 0 Å². The molecule has 4 aromatic heterocycles. The second-order valence-electron chi connectivity index (χ2n) is 16.5. The highest BCUT2D eigenvalue weighted by Gasteiger charge is 2.22. The molecule has 0 saturated carbocycles. The molecule has 314 valence electrons. The van der Waals surface area contributed by atoms with Gasteiger partial charge in [0.2, 0.25) is 0 Å². The van der Waals surface area contributed by atoms with Crippen LogP contribution in [0.5, 0.6) is 0 Å². The van der Waals surface area contributed by atoms with Crippen molar-refractivity contribution in [1.29, 1.82) is 0 Å². The second-order valence-corrected chi connectivity index (χ2v) is 18.6. The fourth-order valence-corrected chi connectivity index (χ4v) is 11.1. The summed E-state index contributed by atoms with van der Waals surface area (Å²) >= 11 is 3.36. The van der Waals surface area contributed by atoms with Crippen LogP contribution in [0.25, 0.3) is 125 Å². The van der Waals surface area contributed by atoms with Gasteiger partial charge in [0, 0.05) is 44.3 Å². The van der Waals surface area contributed by atoms with Crippen molar-refractivity contribution in [3.63, 3.8) is 0 Å². The third-order valence-corrected chi connectivity index (χ3v) is 14.4. The number of benzene rings is 9. The number of hydrogen-bond acceptors (Lipinski definition) is 7. The van der Waals surface area contributed by atoms with Gasteiger partial charge >= 0.3 is 0 Å². The number of aromatic nitrogens is 6. The van der Waals surface area contributed by atoms with Gasteiger partial charge in [-0.3, -0.25) is 0 Å². The van der Waals surface area contributed by atoms with Crippen molar-refractivity contribution in [2.45, 2.75) is 0 Å². The first-order valence-electron chi connectivity index (χ1n) is 22.1. The fraction of sp³-hybridized carbons (Fsp3) is 0. The predicted octanol–water partition coefficient (Wildman–Crippen LogP) is 15.9. The number of nitrogens with zero attached hydrogens (tertiary/aromatic N) is 6. The predicted molar refractivity (Wildman–Crippen MR) is 279 cm³/mol. The van der Waals surface area contributed by atoms with E-state index >= 15 is 0 Å². The number of para-hydroxylation sites is 4. The van der Waals surface area contributed by atoms with Gasteiger partial charge in [0.05, 0.1) is 31.5 Å². The summed E-state index contributed by atoms with van der Waals surface area (Å²) in [6.45, 7) is 0. The zero-order valence-electron chi connectivity index (χ0n) is 35.8. The minimum atomic E-state index is 0.556. The van der Waals surface area contributed by atoms with Crippen molar-refractivity contribution in [2.24, 2.45) is 0 Å². The Balaban J connectivity index is 1.09. The van der Waals surface area contributed by atoms with E-state index in [9.17, 15) is 0 Å². The molecule has 0 fully saturated rings. The van der Waals surface area contributed by atoms with Crippen molar-refractivity contribution < 1.29 is 0 Å². The summed E-state index contributed by atoms with van der Waals surface area (Å²) in [5.41, 5.74) is 14.2. The van der Waals surface area contributed by atoms with E-state index in [0.29, 0.717) is 17.5 Å². The summed E-state index contributed by atoms with van der Waals surface area (Å²) < 4.78 is 4.59. The first kappa shape index (κ1) is 39.0. The van der Waals surface area contributed by atoms with Gasteiger partial charge in [0.25, 0.3) is 0 Å². The van der Waals surface area contributed by atoms with Gasteiger partial charge in [-0.05, 0) is 107 Å². The number of thiazole rings is 2. The highest BCUT2D eigenvalue weighted by Crippen LogP contribution is 2.42. The standard InChI is InChI=1S/C59H36N6S2/c1-4-17-37(18-5-1)39-31-40(38-19-6-2-7-20-38)33-41(32-39)55-62-56(64-57(63-55)47-24-16-28-51-54(47)46-23-10-13-27-50(46)65(51)45-21-8-3-9-22-45)42-34-43(58-60-48-25-11-14-29-52(48)66-58)36-44(35-42)59-61-49-26-12-15-30-53(49)67-59/h1-36H. The summed E-state index contributed by atoms with van der Waals surface area (Å²) in [6.07, 6.45) is 0. The third kappa shape index (κ3) is 7.07. The van der Waals surface area contributed by atoms with Crippen molar-refractivity contribution in [1.82, 2.24) is 29.5 Å². The molecule has 0 aliphatic rings. The van der Waals surface area contributed by atoms with E-state index in [2.05, 4.69) is 211 Å². The normalized spacial score (nSPS) is 11.6. The highest BCUT2D eigenvalue weighted by molar-refractivity contribution is 7.22. The molecule has 13 rings (SSSR count). The Morgan fingerprint density at radius 1 is 0.313 bits per heavy atom. The van der Waals surface area contributed by atoms with E-state index < -0.39 is 0 Å². The molecule has 9 aromatic carbocycles. The molecule has 67 heavy (non-hydrogen) atoms. The van der Waals surface area contributed by atoms with Crippen LogP contribution in [0, 0.1) is 0 Å². The van der Waals surface area contributed by atoms with Gasteiger partial charge in [-0.1, -0.05) is 133 Å². The van der Waals surface area contributed by atoms with Gasteiger partial charge in [-0.25, -0.2) is 24.9 Å². The average Bonchev–Trinajstić information content (AvgIpc) is 4.14. The van der Waals surface area contributed by atoms with Crippen molar-refractivity contribution in [2.75, 3.05) is 0 Å². The Bertz CT molecular complexity index is 3770. The molecule has 0 atom stereocenters. The minimum Gasteiger partial charge on any atom is -0.309 e. The van der Waals surface area contributed by atoms with Crippen LogP contribution in [0.3, 0.4) is 0 Å². The number of hydrogen-bond donors (Lipinski definition) is 0. The summed E-state index contributed by atoms with van der Waals surface area (Å²) in [4.78, 5) is 26.7. The molecular formula is C59H36N6S2. The Kier molecular flexibility index (Phi) is 9.44. The topological polar surface area (TPSA) is 69.4 Å². The molecule has 0 bridgehead atoms. The van der Waals surface area contributed by atoms with Crippen molar-refractivity contribution in [3.05, 3.63) is 218 Å². The molecule has 0 radical (unpaired) electrons. The van der Waals surface area contributed by atoms with Crippen LogP contribution in [0.2, 0.25) is 0 Å². The van der Waals surface area contributed by atoms with Gasteiger partial charge in [0.1, 0.15) is 10.0 Å². The fourth-order valence-electron chi connectivity index (χ4n) is 9.16. The Morgan fingerprint density at radius 2 is 0.761 bits per heavy atom. The summed E-state index contributed by atoms with van der Waals surface area (Å²) in [5, 5.41) is 4.03. The Morgan fingerprint density at radius 3 is 1.34 bits per heavy atom. The zero-order chi connectivity index (χ0) is 44.3. The molecule has 0 aliphatic heterocycles. The van der Waals surface area contributed by atoms with Crippen LogP contribution in [-0.2, 0) is 0 Å². The molecule has 6 nitrogen and oxygen atoms in total. The molecule has 0 saturated heterocycles. The molecule has 0 aliphatic carbocycles. The smallest absolute Gasteiger partial charge is 0.164 e. The van der Waals surface area contributed by atoms with Gasteiger partial charge in [0.15, 0.2) is 17.5 Å². The van der Waals surface area contributed by atoms with E-state index in [4.69, 9.17) is 24.9 Å². The first-order chi connectivity index (χ1) is 33.2. The average molecular weight is 893 g/mol. The maximum absolute atomic E-state index is 5.49. The molecule has 0 spiro atoms. The van der Waals surface area contributed by atoms with Gasteiger partial charge < -0.3 is 4.57 Å². The maximum atomic E-state index is 5.49. The van der Waals surface area contributed by atoms with E-state index in [0.717, 1.165) is 108 Å². The monoisotopic (exact) mass is 892 g/mol. The lowest BCUT2D eigenvalue weighted by Gasteiger charge is -2.14. The summed E-state index contributed by atoms with van der Waals surface area (Å²) in [7, 11) is 0. The van der Waals surface area contributed by atoms with E-state index in [-0.39, 0.29) is 0 Å². The van der Waals surface area contributed by atoms with Crippen molar-refractivity contribution in [3.8, 4) is 83.2 Å². The van der Waals surface area contributed by atoms with E-state index in [1.165, 1.54) is 0 Å². The molecule has 0 unspecified atom stereocenters. The molecule has 4 heterocycles. The van der Waals surface area contributed by atoms with Crippen LogP contribution in [0.15, 0.2) is 218 Å². The summed E-state index contributed by atoms with van der Waals surface area (Å²) in [5.74, 6) is 1.71. The Labute approximate surface area is 393 Å². The first-order valence-corrected chi connectivity index (χ1v) is 23.8. The minimum absolute atomic E-state index is 0.556. The quantitative estimate of drug-likeness (QED) is 0.152. The summed E-state index contributed by atoms with van der Waals surface area (Å²) in [6, 6.07) is 76.4. The molecule has 0 amide bonds. The lowest BCUT2D eigenvalue weighted by molar-refractivity contribution is 1.08. The SMILES string of the molecule is c1ccc(-c2cc(-c3ccccc3)cc(-c3nc(-c4cc(-c5nc6ccccc6s5)cc(-c5nc6ccccc6s5)c4)nc(-c4cccc5c4c4ccccc4n5-c4ccccc4)n3)c2)cc1. The van der Waals surface area contributed by atoms with Crippen LogP contribution in [-0.4, -0.2) is 29.5 Å².